The number of nitrogens with one attached hydrogen (secondary N) is 1. The zero-order valence-corrected chi connectivity index (χ0v) is 13.8. The lowest BCUT2D eigenvalue weighted by molar-refractivity contribution is 0.0891. The van der Waals surface area contributed by atoms with Crippen LogP contribution in [0.1, 0.15) is 34.7 Å². The van der Waals surface area contributed by atoms with Crippen LogP contribution in [0.4, 0.5) is 0 Å². The SMILES string of the molecule is Cc1cc(C(=O)NC2CCCN(Cc3ccc(Cl)cc3)C2)no1. The van der Waals surface area contributed by atoms with E-state index in [1.54, 1.807) is 13.0 Å². The molecule has 0 aliphatic carbocycles. The quantitative estimate of drug-likeness (QED) is 0.934. The van der Waals surface area contributed by atoms with Crippen molar-refractivity contribution in [1.82, 2.24) is 15.4 Å². The fraction of sp³-hybridized carbons (Fsp3) is 0.412. The van der Waals surface area contributed by atoms with Crippen molar-refractivity contribution < 1.29 is 9.32 Å². The molecule has 23 heavy (non-hydrogen) atoms. The molecule has 1 aromatic heterocycles. The average molecular weight is 334 g/mol. The number of halogens is 1. The smallest absolute Gasteiger partial charge is 0.273 e. The van der Waals surface area contributed by atoms with Gasteiger partial charge in [-0.3, -0.25) is 9.69 Å². The molecule has 1 aliphatic rings. The molecule has 2 aromatic rings. The molecule has 1 amide bonds. The summed E-state index contributed by atoms with van der Waals surface area (Å²) in [6.45, 7) is 4.52. The third-order valence-electron chi connectivity index (χ3n) is 4.02. The Bertz CT molecular complexity index is 669. The number of rotatable bonds is 4. The van der Waals surface area contributed by atoms with Gasteiger partial charge in [0.15, 0.2) is 5.69 Å². The molecule has 2 heterocycles. The van der Waals surface area contributed by atoms with Crippen molar-refractivity contribution in [2.75, 3.05) is 13.1 Å². The van der Waals surface area contributed by atoms with Crippen LogP contribution in [0.2, 0.25) is 5.02 Å². The van der Waals surface area contributed by atoms with Crippen LogP contribution in [0, 0.1) is 6.92 Å². The maximum atomic E-state index is 12.2. The van der Waals surface area contributed by atoms with Crippen LogP contribution in [-0.2, 0) is 6.54 Å². The molecule has 0 bridgehead atoms. The van der Waals surface area contributed by atoms with Gasteiger partial charge in [-0.15, -0.1) is 0 Å². The number of carbonyl (C=O) groups is 1. The van der Waals surface area contributed by atoms with E-state index < -0.39 is 0 Å². The lowest BCUT2D eigenvalue weighted by Gasteiger charge is -2.33. The van der Waals surface area contributed by atoms with Gasteiger partial charge in [0.05, 0.1) is 0 Å². The second-order valence-electron chi connectivity index (χ2n) is 6.00. The van der Waals surface area contributed by atoms with Gasteiger partial charge in [-0.1, -0.05) is 28.9 Å². The molecular formula is C17H20ClN3O2. The third-order valence-corrected chi connectivity index (χ3v) is 4.27. The predicted octanol–water partition coefficient (Wildman–Crippen LogP) is 3.03. The molecular weight excluding hydrogens is 314 g/mol. The maximum Gasteiger partial charge on any atom is 0.273 e. The van der Waals surface area contributed by atoms with Gasteiger partial charge in [0.1, 0.15) is 5.76 Å². The highest BCUT2D eigenvalue weighted by Crippen LogP contribution is 2.16. The summed E-state index contributed by atoms with van der Waals surface area (Å²) in [5, 5.41) is 7.56. The fourth-order valence-corrected chi connectivity index (χ4v) is 3.02. The molecule has 1 atom stereocenters. The molecule has 0 spiro atoms. The van der Waals surface area contributed by atoms with E-state index in [0.717, 1.165) is 37.5 Å². The first kappa shape index (κ1) is 16.0. The molecule has 1 unspecified atom stereocenters. The van der Waals surface area contributed by atoms with E-state index in [1.165, 1.54) is 5.56 Å². The standard InChI is InChI=1S/C17H20ClN3O2/c1-12-9-16(20-23-12)17(22)19-15-3-2-8-21(11-15)10-13-4-6-14(18)7-5-13/h4-7,9,15H,2-3,8,10-11H2,1H3,(H,19,22). The van der Waals surface area contributed by atoms with Gasteiger partial charge in [0.25, 0.3) is 5.91 Å². The number of nitrogens with zero attached hydrogens (tertiary/aromatic N) is 2. The lowest BCUT2D eigenvalue weighted by atomic mass is 10.0. The van der Waals surface area contributed by atoms with Crippen molar-refractivity contribution >= 4 is 17.5 Å². The number of hydrogen-bond acceptors (Lipinski definition) is 4. The summed E-state index contributed by atoms with van der Waals surface area (Å²) >= 11 is 5.92. The van der Waals surface area contributed by atoms with E-state index in [9.17, 15) is 4.79 Å². The first-order valence-corrected chi connectivity index (χ1v) is 8.19. The molecule has 3 rings (SSSR count). The van der Waals surface area contributed by atoms with Crippen LogP contribution in [0.5, 0.6) is 0 Å². The van der Waals surface area contributed by atoms with Crippen molar-refractivity contribution in [3.63, 3.8) is 0 Å². The molecule has 1 N–H and O–H groups in total. The molecule has 1 aromatic carbocycles. The third kappa shape index (κ3) is 4.33. The molecule has 0 saturated carbocycles. The van der Waals surface area contributed by atoms with Crippen molar-refractivity contribution in [3.8, 4) is 0 Å². The highest BCUT2D eigenvalue weighted by Gasteiger charge is 2.23. The van der Waals surface area contributed by atoms with Crippen molar-refractivity contribution in [3.05, 3.63) is 52.4 Å². The van der Waals surface area contributed by atoms with Crippen LogP contribution < -0.4 is 5.32 Å². The van der Waals surface area contributed by atoms with Gasteiger partial charge in [0.2, 0.25) is 0 Å². The summed E-state index contributed by atoms with van der Waals surface area (Å²) < 4.78 is 4.95. The van der Waals surface area contributed by atoms with E-state index in [0.29, 0.717) is 11.5 Å². The van der Waals surface area contributed by atoms with Gasteiger partial charge in [-0.05, 0) is 44.0 Å². The summed E-state index contributed by atoms with van der Waals surface area (Å²) in [5.74, 6) is 0.475. The summed E-state index contributed by atoms with van der Waals surface area (Å²) in [4.78, 5) is 14.5. The Morgan fingerprint density at radius 1 is 1.43 bits per heavy atom. The van der Waals surface area contributed by atoms with E-state index in [2.05, 4.69) is 15.4 Å². The monoisotopic (exact) mass is 333 g/mol. The second kappa shape index (κ2) is 7.15. The number of benzene rings is 1. The summed E-state index contributed by atoms with van der Waals surface area (Å²) in [6, 6.07) is 9.70. The van der Waals surface area contributed by atoms with Gasteiger partial charge in [0, 0.05) is 30.2 Å². The van der Waals surface area contributed by atoms with E-state index >= 15 is 0 Å². The van der Waals surface area contributed by atoms with Crippen LogP contribution in [0.15, 0.2) is 34.9 Å². The summed E-state index contributed by atoms with van der Waals surface area (Å²) in [5.41, 5.74) is 1.57. The second-order valence-corrected chi connectivity index (χ2v) is 6.43. The van der Waals surface area contributed by atoms with E-state index in [4.69, 9.17) is 16.1 Å². The molecule has 1 saturated heterocycles. The van der Waals surface area contributed by atoms with Crippen molar-refractivity contribution in [2.24, 2.45) is 0 Å². The molecule has 0 radical (unpaired) electrons. The highest BCUT2D eigenvalue weighted by atomic mass is 35.5. The molecule has 6 heteroatoms. The normalized spacial score (nSPS) is 18.8. The number of carbonyl (C=O) groups excluding carboxylic acids is 1. The van der Waals surface area contributed by atoms with Crippen LogP contribution in [0.3, 0.4) is 0 Å². The highest BCUT2D eigenvalue weighted by molar-refractivity contribution is 6.30. The Labute approximate surface area is 140 Å². The minimum Gasteiger partial charge on any atom is -0.361 e. The number of aromatic nitrogens is 1. The number of aryl methyl sites for hydroxylation is 1. The minimum atomic E-state index is -0.166. The zero-order valence-electron chi connectivity index (χ0n) is 13.1. The zero-order chi connectivity index (χ0) is 16.2. The first-order valence-electron chi connectivity index (χ1n) is 7.81. The number of likely N-dealkylation sites (tertiary alicyclic amines) is 1. The van der Waals surface area contributed by atoms with Gasteiger partial charge >= 0.3 is 0 Å². The van der Waals surface area contributed by atoms with Gasteiger partial charge in [-0.2, -0.15) is 0 Å². The van der Waals surface area contributed by atoms with Crippen molar-refractivity contribution in [2.45, 2.75) is 32.4 Å². The average Bonchev–Trinajstić information content (AvgIpc) is 2.97. The fourth-order valence-electron chi connectivity index (χ4n) is 2.90. The van der Waals surface area contributed by atoms with Gasteiger partial charge < -0.3 is 9.84 Å². The molecule has 5 nitrogen and oxygen atoms in total. The van der Waals surface area contributed by atoms with E-state index in [1.807, 2.05) is 24.3 Å². The predicted molar refractivity (Wildman–Crippen MR) is 88.5 cm³/mol. The molecule has 122 valence electrons. The lowest BCUT2D eigenvalue weighted by Crippen LogP contribution is -2.47. The topological polar surface area (TPSA) is 58.4 Å². The Morgan fingerprint density at radius 2 is 2.22 bits per heavy atom. The Hall–Kier alpha value is -1.85. The Morgan fingerprint density at radius 3 is 2.91 bits per heavy atom. The van der Waals surface area contributed by atoms with E-state index in [-0.39, 0.29) is 11.9 Å². The molecule has 1 fully saturated rings. The number of piperidine rings is 1. The Balaban J connectivity index is 1.55. The summed E-state index contributed by atoms with van der Waals surface area (Å²) in [6.07, 6.45) is 2.05. The van der Waals surface area contributed by atoms with Gasteiger partial charge in [-0.25, -0.2) is 0 Å². The number of hydrogen-bond donors (Lipinski definition) is 1. The largest absolute Gasteiger partial charge is 0.361 e. The van der Waals surface area contributed by atoms with Crippen molar-refractivity contribution in [1.29, 1.82) is 0 Å². The van der Waals surface area contributed by atoms with Crippen LogP contribution in [-0.4, -0.2) is 35.1 Å². The first-order chi connectivity index (χ1) is 11.1. The van der Waals surface area contributed by atoms with Crippen LogP contribution in [0.25, 0.3) is 0 Å². The number of amides is 1. The minimum absolute atomic E-state index is 0.139. The molecule has 1 aliphatic heterocycles. The summed E-state index contributed by atoms with van der Waals surface area (Å²) in [7, 11) is 0. The maximum absolute atomic E-state index is 12.2. The van der Waals surface area contributed by atoms with Crippen LogP contribution >= 0.6 is 11.6 Å². The Kier molecular flexibility index (Phi) is 4.98.